The fourth-order valence-electron chi connectivity index (χ4n) is 3.64. The van der Waals surface area contributed by atoms with Crippen LogP contribution in [-0.4, -0.2) is 30.3 Å². The summed E-state index contributed by atoms with van der Waals surface area (Å²) in [4.78, 5) is 18.8. The zero-order valence-corrected chi connectivity index (χ0v) is 20.3. The van der Waals surface area contributed by atoms with E-state index in [0.29, 0.717) is 21.0 Å². The van der Waals surface area contributed by atoms with Gasteiger partial charge >= 0.3 is 6.18 Å². The molecule has 1 amide bonds. The van der Waals surface area contributed by atoms with E-state index in [1.807, 2.05) is 25.1 Å². The zero-order chi connectivity index (χ0) is 25.4. The minimum atomic E-state index is -4.69. The lowest BCUT2D eigenvalue weighted by Gasteiger charge is -2.10. The number of amides is 1. The molecule has 184 valence electrons. The molecule has 0 unspecified atom stereocenters. The number of hydrogen-bond donors (Lipinski definition) is 1. The molecule has 4 aromatic heterocycles. The molecular weight excluding hydrogens is 513 g/mol. The number of halogens is 4. The number of aryl methyl sites for hydroxylation is 1. The van der Waals surface area contributed by atoms with E-state index in [4.69, 9.17) is 11.6 Å². The van der Waals surface area contributed by atoms with E-state index in [1.54, 1.807) is 35.1 Å². The van der Waals surface area contributed by atoms with Gasteiger partial charge in [0, 0.05) is 28.2 Å². The lowest BCUT2D eigenvalue weighted by molar-refractivity contribution is -0.142. The maximum absolute atomic E-state index is 13.8. The number of rotatable bonds is 6. The number of thiophene rings is 1. The standard InChI is InChI=1S/C24H18ClF3N6OS/c1-2-16-6-7-19(36-16)17-11-20(24(26,27)28)34-22(29-17)12-18(31-34)23(35)30-21-8-9-33(32-21)13-14-4-3-5-15(25)10-14/h3-12H,2,13H2,1H3,(H,30,32,35). The number of aromatic nitrogens is 5. The van der Waals surface area contributed by atoms with Gasteiger partial charge in [-0.3, -0.25) is 9.48 Å². The van der Waals surface area contributed by atoms with Crippen molar-refractivity contribution in [3.63, 3.8) is 0 Å². The molecule has 5 aromatic rings. The second-order valence-electron chi connectivity index (χ2n) is 7.93. The van der Waals surface area contributed by atoms with Crippen LogP contribution in [0.4, 0.5) is 19.0 Å². The monoisotopic (exact) mass is 530 g/mol. The highest BCUT2D eigenvalue weighted by Crippen LogP contribution is 2.34. The van der Waals surface area contributed by atoms with Gasteiger partial charge in [-0.15, -0.1) is 11.3 Å². The third-order valence-corrected chi connectivity index (χ3v) is 6.82. The zero-order valence-electron chi connectivity index (χ0n) is 18.8. The summed E-state index contributed by atoms with van der Waals surface area (Å²) >= 11 is 7.38. The Balaban J connectivity index is 1.42. The molecule has 0 bridgehead atoms. The Hall–Kier alpha value is -3.70. The molecule has 12 heteroatoms. The Morgan fingerprint density at radius 2 is 1.94 bits per heavy atom. The van der Waals surface area contributed by atoms with E-state index in [1.165, 1.54) is 17.4 Å². The van der Waals surface area contributed by atoms with E-state index < -0.39 is 17.8 Å². The van der Waals surface area contributed by atoms with Crippen molar-refractivity contribution in [2.45, 2.75) is 26.1 Å². The molecule has 0 saturated heterocycles. The van der Waals surface area contributed by atoms with E-state index in [-0.39, 0.29) is 22.9 Å². The highest BCUT2D eigenvalue weighted by molar-refractivity contribution is 7.15. The molecule has 0 saturated carbocycles. The Bertz CT molecular complexity index is 1570. The molecule has 0 spiro atoms. The summed E-state index contributed by atoms with van der Waals surface area (Å²) < 4.78 is 43.8. The molecule has 5 rings (SSSR count). The van der Waals surface area contributed by atoms with Crippen molar-refractivity contribution < 1.29 is 18.0 Å². The first kappa shape index (κ1) is 24.0. The third kappa shape index (κ3) is 4.98. The summed E-state index contributed by atoms with van der Waals surface area (Å²) in [6.45, 7) is 2.39. The highest BCUT2D eigenvalue weighted by Gasteiger charge is 2.36. The van der Waals surface area contributed by atoms with E-state index in [9.17, 15) is 18.0 Å². The van der Waals surface area contributed by atoms with Gasteiger partial charge < -0.3 is 5.32 Å². The number of fused-ring (bicyclic) bond motifs is 1. The fourth-order valence-corrected chi connectivity index (χ4v) is 4.76. The van der Waals surface area contributed by atoms with Crippen LogP contribution in [0.15, 0.2) is 60.8 Å². The summed E-state index contributed by atoms with van der Waals surface area (Å²) in [6, 6.07) is 14.6. The van der Waals surface area contributed by atoms with Crippen molar-refractivity contribution in [2.75, 3.05) is 5.32 Å². The minimum Gasteiger partial charge on any atom is -0.304 e. The highest BCUT2D eigenvalue weighted by atomic mass is 35.5. The first-order chi connectivity index (χ1) is 17.2. The molecule has 4 heterocycles. The van der Waals surface area contributed by atoms with Crippen LogP contribution in [0, 0.1) is 0 Å². The smallest absolute Gasteiger partial charge is 0.304 e. The van der Waals surface area contributed by atoms with Gasteiger partial charge in [-0.1, -0.05) is 30.7 Å². The first-order valence-electron chi connectivity index (χ1n) is 10.9. The topological polar surface area (TPSA) is 77.1 Å². The SMILES string of the molecule is CCc1ccc(-c2cc(C(F)(F)F)n3nc(C(=O)Nc4ccn(Cc5cccc(Cl)c5)n4)cc3n2)s1. The van der Waals surface area contributed by atoms with Crippen molar-refractivity contribution in [3.05, 3.63) is 87.6 Å². The molecular formula is C24H18ClF3N6OS. The van der Waals surface area contributed by atoms with Gasteiger partial charge in [0.05, 0.1) is 17.1 Å². The number of alkyl halides is 3. The molecule has 0 atom stereocenters. The van der Waals surface area contributed by atoms with Crippen LogP contribution in [0.3, 0.4) is 0 Å². The van der Waals surface area contributed by atoms with Gasteiger partial charge in [-0.25, -0.2) is 9.50 Å². The Morgan fingerprint density at radius 3 is 2.67 bits per heavy atom. The van der Waals surface area contributed by atoms with Crippen molar-refractivity contribution >= 4 is 40.3 Å². The fraction of sp³-hybridized carbons (Fsp3) is 0.167. The van der Waals surface area contributed by atoms with E-state index >= 15 is 0 Å². The molecule has 36 heavy (non-hydrogen) atoms. The second kappa shape index (κ2) is 9.40. The Labute approximate surface area is 212 Å². The van der Waals surface area contributed by atoms with Crippen LogP contribution < -0.4 is 5.32 Å². The summed E-state index contributed by atoms with van der Waals surface area (Å²) in [6.07, 6.45) is -2.26. The molecule has 0 aliphatic rings. The van der Waals surface area contributed by atoms with Crippen molar-refractivity contribution in [3.8, 4) is 10.6 Å². The number of nitrogens with zero attached hydrogens (tertiary/aromatic N) is 5. The van der Waals surface area contributed by atoms with Crippen LogP contribution in [0.25, 0.3) is 16.2 Å². The predicted octanol–water partition coefficient (Wildman–Crippen LogP) is 6.19. The Morgan fingerprint density at radius 1 is 1.11 bits per heavy atom. The summed E-state index contributed by atoms with van der Waals surface area (Å²) in [5, 5.41) is 11.3. The van der Waals surface area contributed by atoms with Crippen LogP contribution in [0.2, 0.25) is 5.02 Å². The summed E-state index contributed by atoms with van der Waals surface area (Å²) in [5.41, 5.74) is -0.218. The summed E-state index contributed by atoms with van der Waals surface area (Å²) in [5.74, 6) is -0.470. The van der Waals surface area contributed by atoms with E-state index in [2.05, 4.69) is 20.5 Å². The van der Waals surface area contributed by atoms with Crippen molar-refractivity contribution in [1.82, 2.24) is 24.4 Å². The number of carbonyl (C=O) groups excluding carboxylic acids is 1. The lowest BCUT2D eigenvalue weighted by atomic mass is 10.2. The normalized spacial score (nSPS) is 11.8. The van der Waals surface area contributed by atoms with Gasteiger partial charge in [0.25, 0.3) is 5.91 Å². The summed E-state index contributed by atoms with van der Waals surface area (Å²) in [7, 11) is 0. The van der Waals surface area contributed by atoms with E-state index in [0.717, 1.165) is 22.9 Å². The first-order valence-corrected chi connectivity index (χ1v) is 12.1. The molecule has 1 aromatic carbocycles. The molecule has 0 fully saturated rings. The van der Waals surface area contributed by atoms with Gasteiger partial charge in [0.2, 0.25) is 0 Å². The number of hydrogen-bond acceptors (Lipinski definition) is 5. The third-order valence-electron chi connectivity index (χ3n) is 5.33. The maximum Gasteiger partial charge on any atom is 0.433 e. The molecule has 0 aliphatic heterocycles. The number of carbonyl (C=O) groups is 1. The largest absolute Gasteiger partial charge is 0.433 e. The molecule has 0 radical (unpaired) electrons. The van der Waals surface area contributed by atoms with Crippen LogP contribution in [-0.2, 0) is 19.1 Å². The number of nitrogens with one attached hydrogen (secondary N) is 1. The minimum absolute atomic E-state index is 0.0806. The van der Waals surface area contributed by atoms with Gasteiger partial charge in [0.1, 0.15) is 0 Å². The lowest BCUT2D eigenvalue weighted by Crippen LogP contribution is -2.16. The van der Waals surface area contributed by atoms with Crippen LogP contribution >= 0.6 is 22.9 Å². The van der Waals surface area contributed by atoms with Gasteiger partial charge in [-0.05, 0) is 42.3 Å². The molecule has 7 nitrogen and oxygen atoms in total. The van der Waals surface area contributed by atoms with Crippen LogP contribution in [0.5, 0.6) is 0 Å². The average molecular weight is 531 g/mol. The molecule has 0 aliphatic carbocycles. The van der Waals surface area contributed by atoms with Crippen molar-refractivity contribution in [1.29, 1.82) is 0 Å². The average Bonchev–Trinajstić information content (AvgIpc) is 3.57. The van der Waals surface area contributed by atoms with Crippen LogP contribution in [0.1, 0.15) is 33.5 Å². The second-order valence-corrected chi connectivity index (χ2v) is 9.53. The quantitative estimate of drug-likeness (QED) is 0.284. The van der Waals surface area contributed by atoms with Gasteiger partial charge in [-0.2, -0.15) is 23.4 Å². The number of benzene rings is 1. The molecule has 1 N–H and O–H groups in total. The maximum atomic E-state index is 13.8. The Kier molecular flexibility index (Phi) is 6.27. The predicted molar refractivity (Wildman–Crippen MR) is 131 cm³/mol. The number of anilines is 1. The van der Waals surface area contributed by atoms with Gasteiger partial charge in [0.15, 0.2) is 22.9 Å². The van der Waals surface area contributed by atoms with Crippen molar-refractivity contribution in [2.24, 2.45) is 0 Å².